The third-order valence-electron chi connectivity index (χ3n) is 5.15. The average molecular weight is 307 g/mol. The summed E-state index contributed by atoms with van der Waals surface area (Å²) in [5, 5.41) is 20.9. The lowest BCUT2D eigenvalue weighted by Gasteiger charge is -2.51. The zero-order valence-corrected chi connectivity index (χ0v) is 13.4. The van der Waals surface area contributed by atoms with Crippen molar-refractivity contribution in [2.24, 2.45) is 5.92 Å². The minimum Gasteiger partial charge on any atom is -0.388 e. The minimum atomic E-state index is -0.652. The van der Waals surface area contributed by atoms with E-state index in [2.05, 4.69) is 34.0 Å². The monoisotopic (exact) mass is 307 g/mol. The van der Waals surface area contributed by atoms with E-state index in [4.69, 9.17) is 0 Å². The second kappa shape index (κ2) is 4.81. The highest BCUT2D eigenvalue weighted by atomic mass is 16.3. The molecule has 7 nitrogen and oxygen atoms in total. The Morgan fingerprint density at radius 2 is 2.18 bits per heavy atom. The van der Waals surface area contributed by atoms with Gasteiger partial charge in [-0.1, -0.05) is 20.1 Å². The summed E-state index contributed by atoms with van der Waals surface area (Å²) in [6.45, 7) is 12.9. The van der Waals surface area contributed by atoms with E-state index >= 15 is 0 Å². The Labute approximate surface area is 131 Å². The number of nitrogens with zero attached hydrogens (tertiary/aromatic N) is 2. The first-order chi connectivity index (χ1) is 10.3. The molecule has 3 saturated heterocycles. The molecule has 3 aliphatic heterocycles. The fourth-order valence-electron chi connectivity index (χ4n) is 3.97. The molecule has 0 aromatic rings. The number of aliphatic hydroxyl groups excluding tert-OH is 1. The zero-order valence-electron chi connectivity index (χ0n) is 13.4. The normalized spacial score (nSPS) is 39.5. The third-order valence-corrected chi connectivity index (χ3v) is 5.15. The van der Waals surface area contributed by atoms with Gasteiger partial charge < -0.3 is 30.9 Å². The molecular formula is C15H25N5O2. The lowest BCUT2D eigenvalue weighted by molar-refractivity contribution is -0.128. The van der Waals surface area contributed by atoms with E-state index in [1.807, 2.05) is 6.92 Å². The van der Waals surface area contributed by atoms with Gasteiger partial charge in [0, 0.05) is 33.0 Å². The van der Waals surface area contributed by atoms with E-state index < -0.39 is 11.8 Å². The molecule has 3 rings (SSSR count). The molecule has 122 valence electrons. The molecule has 5 atom stereocenters. The molecule has 3 aliphatic rings. The van der Waals surface area contributed by atoms with Crippen LogP contribution in [-0.4, -0.2) is 64.8 Å². The molecule has 22 heavy (non-hydrogen) atoms. The molecule has 0 aromatic heterocycles. The van der Waals surface area contributed by atoms with Crippen molar-refractivity contribution in [1.82, 2.24) is 25.8 Å². The molecule has 3 fully saturated rings. The van der Waals surface area contributed by atoms with Crippen LogP contribution in [0.25, 0.3) is 0 Å². The number of aliphatic hydroxyl groups is 1. The number of hydrogen-bond donors (Lipinski definition) is 4. The maximum atomic E-state index is 11.6. The van der Waals surface area contributed by atoms with Gasteiger partial charge in [0.1, 0.15) is 6.10 Å². The van der Waals surface area contributed by atoms with Gasteiger partial charge in [0.15, 0.2) is 5.66 Å². The van der Waals surface area contributed by atoms with E-state index in [1.165, 1.54) is 0 Å². The van der Waals surface area contributed by atoms with Crippen LogP contribution in [0, 0.1) is 5.92 Å². The van der Waals surface area contributed by atoms with Gasteiger partial charge in [-0.15, -0.1) is 0 Å². The van der Waals surface area contributed by atoms with Gasteiger partial charge in [-0.25, -0.2) is 0 Å². The van der Waals surface area contributed by atoms with Crippen LogP contribution in [-0.2, 0) is 4.79 Å². The second-order valence-corrected chi connectivity index (χ2v) is 6.68. The Balaban J connectivity index is 1.95. The van der Waals surface area contributed by atoms with Crippen LogP contribution in [0.5, 0.6) is 0 Å². The average Bonchev–Trinajstić information content (AvgIpc) is 2.91. The molecule has 1 spiro atoms. The number of carbonyl (C=O) groups excluding carboxylic acids is 1. The Bertz CT molecular complexity index is 536. The molecule has 3 heterocycles. The molecule has 0 radical (unpaired) electrons. The first-order valence-electron chi connectivity index (χ1n) is 7.64. The summed E-state index contributed by atoms with van der Waals surface area (Å²) in [5.74, 6) is 1.58. The molecular weight excluding hydrogens is 282 g/mol. The zero-order chi connectivity index (χ0) is 16.2. The number of rotatable bonds is 2. The van der Waals surface area contributed by atoms with Crippen molar-refractivity contribution in [3.05, 3.63) is 24.8 Å². The smallest absolute Gasteiger partial charge is 0.219 e. The summed E-state index contributed by atoms with van der Waals surface area (Å²) in [5.41, 5.74) is -0.652. The van der Waals surface area contributed by atoms with Crippen LogP contribution in [0.2, 0.25) is 0 Å². The second-order valence-electron chi connectivity index (χ2n) is 6.68. The fraction of sp³-hybridized carbons (Fsp3) is 0.667. The van der Waals surface area contributed by atoms with Crippen LogP contribution in [0.4, 0.5) is 0 Å². The van der Waals surface area contributed by atoms with Crippen molar-refractivity contribution in [2.75, 3.05) is 20.1 Å². The lowest BCUT2D eigenvalue weighted by atomic mass is 9.85. The molecule has 4 N–H and O–H groups in total. The van der Waals surface area contributed by atoms with Gasteiger partial charge in [-0.05, 0) is 0 Å². The summed E-state index contributed by atoms with van der Waals surface area (Å²) in [4.78, 5) is 15.3. The first-order valence-corrected chi connectivity index (χ1v) is 7.64. The van der Waals surface area contributed by atoms with Gasteiger partial charge in [-0.3, -0.25) is 4.79 Å². The van der Waals surface area contributed by atoms with Gasteiger partial charge in [0.2, 0.25) is 5.91 Å². The Morgan fingerprint density at radius 1 is 1.50 bits per heavy atom. The third kappa shape index (κ3) is 1.88. The van der Waals surface area contributed by atoms with Gasteiger partial charge >= 0.3 is 0 Å². The largest absolute Gasteiger partial charge is 0.388 e. The fourth-order valence-corrected chi connectivity index (χ4v) is 3.97. The number of likely N-dealkylation sites (N-methyl/N-ethyl adjacent to an activating group) is 1. The van der Waals surface area contributed by atoms with Crippen LogP contribution in [0.3, 0.4) is 0 Å². The van der Waals surface area contributed by atoms with E-state index in [0.29, 0.717) is 12.4 Å². The van der Waals surface area contributed by atoms with E-state index in [-0.39, 0.29) is 23.9 Å². The number of hydrogen-bond acceptors (Lipinski definition) is 6. The van der Waals surface area contributed by atoms with Crippen LogP contribution in [0.15, 0.2) is 24.8 Å². The number of amides is 1. The van der Waals surface area contributed by atoms with Crippen molar-refractivity contribution in [1.29, 1.82) is 0 Å². The maximum absolute atomic E-state index is 11.6. The Morgan fingerprint density at radius 3 is 2.82 bits per heavy atom. The standard InChI is InChI=1S/C15H25N5O2/c1-8-6-20-10(3)17-12(7-19(5)11(4)21)13-15(20,14(8)22)18-9(2)16-13/h8,12-14,16-18,22H,2-3,6-7H2,1,4-5H3/t8-,12-,13-,14-,15-/m0/s1. The number of carbonyl (C=O) groups is 1. The summed E-state index contributed by atoms with van der Waals surface area (Å²) < 4.78 is 0. The van der Waals surface area contributed by atoms with Crippen LogP contribution in [0.1, 0.15) is 13.8 Å². The molecule has 0 unspecified atom stereocenters. The quantitative estimate of drug-likeness (QED) is 0.521. The topological polar surface area (TPSA) is 79.9 Å². The first kappa shape index (κ1) is 15.0. The molecule has 0 aromatic carbocycles. The Hall–Kier alpha value is -1.89. The Kier molecular flexibility index (Phi) is 3.28. The van der Waals surface area contributed by atoms with Crippen LogP contribution >= 0.6 is 0 Å². The van der Waals surface area contributed by atoms with Gasteiger partial charge in [-0.2, -0.15) is 0 Å². The van der Waals surface area contributed by atoms with E-state index in [9.17, 15) is 9.90 Å². The highest BCUT2D eigenvalue weighted by Crippen LogP contribution is 2.43. The van der Waals surface area contributed by atoms with Crippen molar-refractivity contribution in [3.8, 4) is 0 Å². The van der Waals surface area contributed by atoms with E-state index in [1.54, 1.807) is 18.9 Å². The predicted octanol–water partition coefficient (Wildman–Crippen LogP) is -1.05. The summed E-state index contributed by atoms with van der Waals surface area (Å²) in [6.07, 6.45) is -0.548. The summed E-state index contributed by atoms with van der Waals surface area (Å²) in [6, 6.07) is -0.170. The summed E-state index contributed by atoms with van der Waals surface area (Å²) in [7, 11) is 1.77. The van der Waals surface area contributed by atoms with Crippen LogP contribution < -0.4 is 16.0 Å². The molecule has 1 amide bonds. The highest BCUT2D eigenvalue weighted by Gasteiger charge is 2.64. The molecule has 0 aliphatic carbocycles. The van der Waals surface area contributed by atoms with Crippen molar-refractivity contribution < 1.29 is 9.90 Å². The van der Waals surface area contributed by atoms with Crippen molar-refractivity contribution >= 4 is 5.91 Å². The molecule has 0 bridgehead atoms. The number of nitrogens with one attached hydrogen (secondary N) is 3. The maximum Gasteiger partial charge on any atom is 0.219 e. The predicted molar refractivity (Wildman–Crippen MR) is 83.2 cm³/mol. The van der Waals surface area contributed by atoms with Gasteiger partial charge in [0.25, 0.3) is 0 Å². The van der Waals surface area contributed by atoms with E-state index in [0.717, 1.165) is 12.4 Å². The SMILES string of the molecule is C=C1N[C@H]2[C@H](CN(C)C(C)=O)NC(=C)N3C[C@H](C)[C@H](O)[C@]23N1. The van der Waals surface area contributed by atoms with Gasteiger partial charge in [0.05, 0.1) is 23.7 Å². The van der Waals surface area contributed by atoms with Crippen molar-refractivity contribution in [3.63, 3.8) is 0 Å². The molecule has 0 saturated carbocycles. The minimum absolute atomic E-state index is 0.00835. The summed E-state index contributed by atoms with van der Waals surface area (Å²) >= 11 is 0. The molecule has 7 heteroatoms. The van der Waals surface area contributed by atoms with Crippen molar-refractivity contribution in [2.45, 2.75) is 37.7 Å². The highest BCUT2D eigenvalue weighted by molar-refractivity contribution is 5.72. The lowest BCUT2D eigenvalue weighted by Crippen LogP contribution is -2.75.